The Morgan fingerprint density at radius 1 is 1.27 bits per heavy atom. The average Bonchev–Trinajstić information content (AvgIpc) is 2.59. The number of allylic oxidation sites excluding steroid dienone is 2. The number of carbonyl (C=O) groups excluding carboxylic acids is 1. The zero-order chi connectivity index (χ0) is 18.9. The minimum absolute atomic E-state index is 0.0924. The first-order chi connectivity index (χ1) is 12.3. The first kappa shape index (κ1) is 18.4. The van der Waals surface area contributed by atoms with Crippen LogP contribution < -0.4 is 10.1 Å². The lowest BCUT2D eigenvalue weighted by atomic mass is 9.77. The molecule has 0 bridgehead atoms. The van der Waals surface area contributed by atoms with Crippen molar-refractivity contribution in [3.05, 3.63) is 41.6 Å². The summed E-state index contributed by atoms with van der Waals surface area (Å²) in [5.74, 6) is 0.693. The number of hydrogen-bond acceptors (Lipinski definition) is 3. The number of benzene rings is 1. The van der Waals surface area contributed by atoms with Crippen molar-refractivity contribution in [3.63, 3.8) is 0 Å². The van der Waals surface area contributed by atoms with Crippen LogP contribution in [0.4, 0.5) is 0 Å². The third kappa shape index (κ3) is 3.90. The van der Waals surface area contributed by atoms with Gasteiger partial charge in [-0.3, -0.25) is 9.78 Å². The second kappa shape index (κ2) is 7.10. The maximum atomic E-state index is 12.3. The highest BCUT2D eigenvalue weighted by Gasteiger charge is 2.23. The van der Waals surface area contributed by atoms with Gasteiger partial charge >= 0.3 is 0 Å². The van der Waals surface area contributed by atoms with Crippen LogP contribution in [0.25, 0.3) is 16.5 Å². The van der Waals surface area contributed by atoms with Crippen LogP contribution in [0.2, 0.25) is 0 Å². The topological polar surface area (TPSA) is 51.2 Å². The molecule has 0 fully saturated rings. The van der Waals surface area contributed by atoms with Crippen LogP contribution in [-0.4, -0.2) is 24.0 Å². The molecule has 0 saturated carbocycles. The van der Waals surface area contributed by atoms with Gasteiger partial charge in [-0.25, -0.2) is 0 Å². The molecule has 4 nitrogen and oxygen atoms in total. The molecule has 138 valence electrons. The lowest BCUT2D eigenvalue weighted by molar-refractivity contribution is 0.0943. The van der Waals surface area contributed by atoms with Crippen LogP contribution in [0.15, 0.2) is 30.5 Å². The smallest absolute Gasteiger partial charge is 0.253 e. The molecule has 26 heavy (non-hydrogen) atoms. The molecule has 2 aromatic rings. The van der Waals surface area contributed by atoms with E-state index in [2.05, 4.69) is 36.3 Å². The molecule has 1 N–H and O–H groups in total. The fraction of sp³-hybridized carbons (Fsp3) is 0.455. The summed E-state index contributed by atoms with van der Waals surface area (Å²) < 4.78 is 5.50. The Balaban J connectivity index is 2.07. The summed E-state index contributed by atoms with van der Waals surface area (Å²) in [6.07, 6.45) is 7.26. The number of amides is 1. The number of carbonyl (C=O) groups is 1. The van der Waals surface area contributed by atoms with Gasteiger partial charge in [-0.15, -0.1) is 0 Å². The van der Waals surface area contributed by atoms with Gasteiger partial charge in [-0.2, -0.15) is 0 Å². The summed E-state index contributed by atoms with van der Waals surface area (Å²) >= 11 is 0. The standard InChI is InChI=1S/C22H28N2O2/c1-14(2)24-21(25)17-10-16-11-18(26-5)12-19(20(16)23-13-17)15-6-8-22(3,4)9-7-15/h6,10-14H,7-9H2,1-5H3,(H,24,25). The number of fused-ring (bicyclic) bond motifs is 1. The predicted octanol–water partition coefficient (Wildman–Crippen LogP) is 4.98. The molecule has 0 radical (unpaired) electrons. The Bertz CT molecular complexity index is 866. The second-order valence-corrected chi connectivity index (χ2v) is 8.20. The first-order valence-corrected chi connectivity index (χ1v) is 9.27. The van der Waals surface area contributed by atoms with Crippen LogP contribution >= 0.6 is 0 Å². The van der Waals surface area contributed by atoms with Crippen molar-refractivity contribution in [2.24, 2.45) is 5.41 Å². The average molecular weight is 352 g/mol. The van der Waals surface area contributed by atoms with Gasteiger partial charge < -0.3 is 10.1 Å². The minimum atomic E-state index is -0.0996. The van der Waals surface area contributed by atoms with Crippen molar-refractivity contribution >= 4 is 22.4 Å². The van der Waals surface area contributed by atoms with Crippen molar-refractivity contribution in [1.82, 2.24) is 10.3 Å². The molecule has 0 saturated heterocycles. The Morgan fingerprint density at radius 3 is 2.65 bits per heavy atom. The van der Waals surface area contributed by atoms with Crippen molar-refractivity contribution < 1.29 is 9.53 Å². The zero-order valence-electron chi connectivity index (χ0n) is 16.3. The molecule has 1 aliphatic carbocycles. The van der Waals surface area contributed by atoms with Crippen LogP contribution in [0.3, 0.4) is 0 Å². The van der Waals surface area contributed by atoms with E-state index < -0.39 is 0 Å². The number of hydrogen-bond donors (Lipinski definition) is 1. The van der Waals surface area contributed by atoms with Gasteiger partial charge in [0.2, 0.25) is 0 Å². The van der Waals surface area contributed by atoms with E-state index in [4.69, 9.17) is 4.74 Å². The Hall–Kier alpha value is -2.36. The number of methoxy groups -OCH3 is 1. The van der Waals surface area contributed by atoms with E-state index in [0.29, 0.717) is 11.0 Å². The first-order valence-electron chi connectivity index (χ1n) is 9.27. The molecule has 1 aromatic heterocycles. The normalized spacial score (nSPS) is 16.5. The van der Waals surface area contributed by atoms with Crippen molar-refractivity contribution in [2.45, 2.75) is 53.0 Å². The molecule has 0 unspecified atom stereocenters. The summed E-state index contributed by atoms with van der Waals surface area (Å²) in [6, 6.07) is 6.01. The molecule has 1 amide bonds. The number of nitrogens with one attached hydrogen (secondary N) is 1. The summed E-state index contributed by atoms with van der Waals surface area (Å²) in [5.41, 5.74) is 4.29. The third-order valence-corrected chi connectivity index (χ3v) is 4.99. The van der Waals surface area contributed by atoms with E-state index in [1.807, 2.05) is 26.0 Å². The van der Waals surface area contributed by atoms with E-state index in [9.17, 15) is 4.79 Å². The maximum absolute atomic E-state index is 12.3. The van der Waals surface area contributed by atoms with Crippen molar-refractivity contribution in [3.8, 4) is 5.75 Å². The van der Waals surface area contributed by atoms with Crippen LogP contribution in [0.5, 0.6) is 5.75 Å². The van der Waals surface area contributed by atoms with Crippen LogP contribution in [-0.2, 0) is 0 Å². The number of ether oxygens (including phenoxy) is 1. The maximum Gasteiger partial charge on any atom is 0.253 e. The molecule has 0 atom stereocenters. The largest absolute Gasteiger partial charge is 0.497 e. The zero-order valence-corrected chi connectivity index (χ0v) is 16.3. The van der Waals surface area contributed by atoms with Gasteiger partial charge in [0.05, 0.1) is 18.2 Å². The Kier molecular flexibility index (Phi) is 5.03. The molecular weight excluding hydrogens is 324 g/mol. The molecule has 4 heteroatoms. The lowest BCUT2D eigenvalue weighted by Gasteiger charge is -2.29. The summed E-state index contributed by atoms with van der Waals surface area (Å²) in [6.45, 7) is 8.51. The van der Waals surface area contributed by atoms with E-state index in [-0.39, 0.29) is 11.9 Å². The molecule has 1 heterocycles. The molecule has 1 aliphatic rings. The van der Waals surface area contributed by atoms with Crippen molar-refractivity contribution in [1.29, 1.82) is 0 Å². The number of pyridine rings is 1. The monoisotopic (exact) mass is 352 g/mol. The molecule has 0 aliphatic heterocycles. The van der Waals surface area contributed by atoms with E-state index in [0.717, 1.165) is 41.5 Å². The van der Waals surface area contributed by atoms with Gasteiger partial charge in [-0.1, -0.05) is 19.9 Å². The predicted molar refractivity (Wildman–Crippen MR) is 107 cm³/mol. The van der Waals surface area contributed by atoms with Crippen LogP contribution in [0.1, 0.15) is 62.9 Å². The second-order valence-electron chi connectivity index (χ2n) is 8.20. The van der Waals surface area contributed by atoms with Gasteiger partial charge in [-0.05, 0) is 62.3 Å². The fourth-order valence-corrected chi connectivity index (χ4v) is 3.38. The van der Waals surface area contributed by atoms with E-state index >= 15 is 0 Å². The van der Waals surface area contributed by atoms with Crippen LogP contribution in [0, 0.1) is 5.41 Å². The quantitative estimate of drug-likeness (QED) is 0.845. The van der Waals surface area contributed by atoms with Gasteiger partial charge in [0, 0.05) is 23.2 Å². The highest BCUT2D eigenvalue weighted by Crippen LogP contribution is 2.40. The Labute approximate surface area is 155 Å². The van der Waals surface area contributed by atoms with Gasteiger partial charge in [0.25, 0.3) is 5.91 Å². The summed E-state index contributed by atoms with van der Waals surface area (Å²) in [7, 11) is 1.67. The molecule has 3 rings (SSSR count). The third-order valence-electron chi connectivity index (χ3n) is 4.99. The highest BCUT2D eigenvalue weighted by atomic mass is 16.5. The minimum Gasteiger partial charge on any atom is -0.497 e. The summed E-state index contributed by atoms with van der Waals surface area (Å²) in [5, 5.41) is 3.85. The van der Waals surface area contributed by atoms with Gasteiger partial charge in [0.1, 0.15) is 5.75 Å². The van der Waals surface area contributed by atoms with Crippen molar-refractivity contribution in [2.75, 3.05) is 7.11 Å². The molecule has 0 spiro atoms. The number of rotatable bonds is 4. The Morgan fingerprint density at radius 2 is 2.04 bits per heavy atom. The SMILES string of the molecule is COc1cc(C2=CCC(C)(C)CC2)c2ncc(C(=O)NC(C)C)cc2c1. The van der Waals surface area contributed by atoms with E-state index in [1.165, 1.54) is 5.57 Å². The number of aromatic nitrogens is 1. The molecular formula is C22H28N2O2. The number of nitrogens with zero attached hydrogens (tertiary/aromatic N) is 1. The highest BCUT2D eigenvalue weighted by molar-refractivity contribution is 6.00. The van der Waals surface area contributed by atoms with E-state index in [1.54, 1.807) is 13.3 Å². The summed E-state index contributed by atoms with van der Waals surface area (Å²) in [4.78, 5) is 17.0. The van der Waals surface area contributed by atoms with Gasteiger partial charge in [0.15, 0.2) is 0 Å². The molecule has 1 aromatic carbocycles. The lowest BCUT2D eigenvalue weighted by Crippen LogP contribution is -2.30. The fourth-order valence-electron chi connectivity index (χ4n) is 3.38.